The number of fused-ring (bicyclic) bond motifs is 1. The third-order valence-corrected chi connectivity index (χ3v) is 5.99. The Morgan fingerprint density at radius 1 is 1.09 bits per heavy atom. The number of carbonyl (C=O) groups is 1. The van der Waals surface area contributed by atoms with Gasteiger partial charge < -0.3 is 18.8 Å². The number of anilines is 1. The minimum Gasteiger partial charge on any atom is -0.495 e. The third-order valence-electron chi connectivity index (χ3n) is 4.89. The molecule has 10 heteroatoms. The number of nitrogens with zero attached hydrogens (tertiary/aromatic N) is 4. The van der Waals surface area contributed by atoms with Gasteiger partial charge >= 0.3 is 0 Å². The Balaban J connectivity index is 0.00000306. The quantitative estimate of drug-likeness (QED) is 0.328. The van der Waals surface area contributed by atoms with E-state index < -0.39 is 0 Å². The van der Waals surface area contributed by atoms with Crippen LogP contribution in [0.3, 0.4) is 0 Å². The standard InChI is InChI=1S/C23H24N4O4S.ClH/c1-29-18-9-10-19(30-2)22-21(18)25-23(32-22)27(13-6-12-26-14-11-24-16-26)20(28)15-31-17-7-4-3-5-8-17;/h3-5,7-11,14,16H,6,12-13,15H2,1-2H3;1H. The number of rotatable bonds is 10. The van der Waals surface area contributed by atoms with Crippen molar-refractivity contribution in [2.75, 3.05) is 32.3 Å². The summed E-state index contributed by atoms with van der Waals surface area (Å²) in [6.07, 6.45) is 6.14. The minimum atomic E-state index is -0.170. The summed E-state index contributed by atoms with van der Waals surface area (Å²) in [5.74, 6) is 1.80. The van der Waals surface area contributed by atoms with Crippen molar-refractivity contribution in [3.05, 3.63) is 61.2 Å². The van der Waals surface area contributed by atoms with Crippen molar-refractivity contribution < 1.29 is 19.0 Å². The molecule has 0 atom stereocenters. The summed E-state index contributed by atoms with van der Waals surface area (Å²) >= 11 is 1.40. The Morgan fingerprint density at radius 3 is 2.55 bits per heavy atom. The van der Waals surface area contributed by atoms with E-state index in [1.54, 1.807) is 31.6 Å². The first kappa shape index (κ1) is 24.3. The zero-order chi connectivity index (χ0) is 22.3. The maximum atomic E-state index is 13.2. The molecular formula is C23H25ClN4O4S. The molecule has 0 fully saturated rings. The Kier molecular flexibility index (Phi) is 8.51. The minimum absolute atomic E-state index is 0. The van der Waals surface area contributed by atoms with E-state index in [0.29, 0.717) is 34.4 Å². The number of thiazole rings is 1. The van der Waals surface area contributed by atoms with Gasteiger partial charge in [-0.05, 0) is 30.7 Å². The van der Waals surface area contributed by atoms with Crippen LogP contribution in [0.25, 0.3) is 10.2 Å². The first-order valence-corrected chi connectivity index (χ1v) is 11.0. The van der Waals surface area contributed by atoms with E-state index in [0.717, 1.165) is 17.7 Å². The topological polar surface area (TPSA) is 78.7 Å². The van der Waals surface area contributed by atoms with E-state index in [1.165, 1.54) is 11.3 Å². The van der Waals surface area contributed by atoms with Crippen LogP contribution in [0.15, 0.2) is 61.2 Å². The molecule has 174 valence electrons. The van der Waals surface area contributed by atoms with Gasteiger partial charge in [0.15, 0.2) is 11.7 Å². The maximum Gasteiger partial charge on any atom is 0.266 e. The van der Waals surface area contributed by atoms with Crippen molar-refractivity contribution in [2.24, 2.45) is 0 Å². The molecule has 1 amide bonds. The summed E-state index contributed by atoms with van der Waals surface area (Å²) < 4.78 is 19.5. The van der Waals surface area contributed by atoms with Gasteiger partial charge in [-0.25, -0.2) is 9.97 Å². The molecule has 0 unspecified atom stereocenters. The second kappa shape index (κ2) is 11.5. The van der Waals surface area contributed by atoms with Gasteiger partial charge in [-0.15, -0.1) is 12.4 Å². The molecule has 0 bridgehead atoms. The molecule has 0 aliphatic rings. The van der Waals surface area contributed by atoms with Crippen molar-refractivity contribution in [3.63, 3.8) is 0 Å². The largest absolute Gasteiger partial charge is 0.495 e. The van der Waals surface area contributed by atoms with E-state index in [-0.39, 0.29) is 24.9 Å². The Morgan fingerprint density at radius 2 is 1.85 bits per heavy atom. The van der Waals surface area contributed by atoms with Crippen molar-refractivity contribution in [1.82, 2.24) is 14.5 Å². The highest BCUT2D eigenvalue weighted by Gasteiger charge is 2.23. The second-order valence-electron chi connectivity index (χ2n) is 6.95. The molecule has 0 aliphatic heterocycles. The zero-order valence-corrected chi connectivity index (χ0v) is 20.0. The number of amides is 1. The summed E-state index contributed by atoms with van der Waals surface area (Å²) in [4.78, 5) is 23.6. The van der Waals surface area contributed by atoms with Gasteiger partial charge in [-0.1, -0.05) is 29.5 Å². The van der Waals surface area contributed by atoms with Crippen molar-refractivity contribution in [2.45, 2.75) is 13.0 Å². The van der Waals surface area contributed by atoms with Crippen molar-refractivity contribution in [1.29, 1.82) is 0 Å². The fourth-order valence-corrected chi connectivity index (χ4v) is 4.40. The van der Waals surface area contributed by atoms with E-state index in [4.69, 9.17) is 19.2 Å². The molecule has 2 aromatic carbocycles. The summed E-state index contributed by atoms with van der Waals surface area (Å²) in [7, 11) is 3.21. The normalized spacial score (nSPS) is 10.5. The average Bonchev–Trinajstić information content (AvgIpc) is 3.50. The number of aryl methyl sites for hydroxylation is 1. The van der Waals surface area contributed by atoms with Crippen molar-refractivity contribution >= 4 is 45.0 Å². The Bertz CT molecular complexity index is 1130. The predicted molar refractivity (Wildman–Crippen MR) is 131 cm³/mol. The van der Waals surface area contributed by atoms with Crippen LogP contribution in [-0.2, 0) is 11.3 Å². The van der Waals surface area contributed by atoms with Gasteiger partial charge in [-0.3, -0.25) is 9.69 Å². The van der Waals surface area contributed by atoms with Crippen molar-refractivity contribution in [3.8, 4) is 17.2 Å². The molecule has 0 N–H and O–H groups in total. The molecule has 0 spiro atoms. The number of ether oxygens (including phenoxy) is 3. The lowest BCUT2D eigenvalue weighted by Gasteiger charge is -2.20. The molecule has 0 saturated carbocycles. The summed E-state index contributed by atoms with van der Waals surface area (Å²) in [6.45, 7) is 1.14. The molecule has 4 aromatic rings. The first-order chi connectivity index (χ1) is 15.7. The highest BCUT2D eigenvalue weighted by Crippen LogP contribution is 2.40. The van der Waals surface area contributed by atoms with Crippen LogP contribution in [0.1, 0.15) is 6.42 Å². The fourth-order valence-electron chi connectivity index (χ4n) is 3.29. The lowest BCUT2D eigenvalue weighted by molar-refractivity contribution is -0.120. The molecule has 8 nitrogen and oxygen atoms in total. The highest BCUT2D eigenvalue weighted by atomic mass is 35.5. The van der Waals surface area contributed by atoms with Gasteiger partial charge in [0.2, 0.25) is 0 Å². The number of hydrogen-bond donors (Lipinski definition) is 0. The van der Waals surface area contributed by atoms with Crippen LogP contribution < -0.4 is 19.1 Å². The van der Waals surface area contributed by atoms with Crippen LogP contribution in [0.4, 0.5) is 5.13 Å². The Labute approximate surface area is 202 Å². The monoisotopic (exact) mass is 488 g/mol. The average molecular weight is 489 g/mol. The maximum absolute atomic E-state index is 13.2. The zero-order valence-electron chi connectivity index (χ0n) is 18.3. The van der Waals surface area contributed by atoms with E-state index in [1.807, 2.05) is 53.2 Å². The molecule has 4 rings (SSSR count). The van der Waals surface area contributed by atoms with Gasteiger partial charge in [0.1, 0.15) is 27.5 Å². The fraction of sp³-hybridized carbons (Fsp3) is 0.261. The lowest BCUT2D eigenvalue weighted by Crippen LogP contribution is -2.36. The molecule has 0 aliphatic carbocycles. The van der Waals surface area contributed by atoms with Crippen LogP contribution in [-0.4, -0.2) is 47.8 Å². The van der Waals surface area contributed by atoms with Crippen LogP contribution in [0, 0.1) is 0 Å². The van der Waals surface area contributed by atoms with E-state index in [2.05, 4.69) is 4.98 Å². The number of carbonyl (C=O) groups excluding carboxylic acids is 1. The number of methoxy groups -OCH3 is 2. The summed E-state index contributed by atoms with van der Waals surface area (Å²) in [5, 5.41) is 0.579. The van der Waals surface area contributed by atoms with Crippen LogP contribution >= 0.6 is 23.7 Å². The third kappa shape index (κ3) is 5.74. The van der Waals surface area contributed by atoms with E-state index >= 15 is 0 Å². The number of halogens is 1. The lowest BCUT2D eigenvalue weighted by atomic mass is 10.3. The first-order valence-electron chi connectivity index (χ1n) is 10.1. The molecule has 0 radical (unpaired) electrons. The van der Waals surface area contributed by atoms with Gasteiger partial charge in [0, 0.05) is 25.5 Å². The van der Waals surface area contributed by atoms with Gasteiger partial charge in [0.05, 0.1) is 20.5 Å². The number of benzene rings is 2. The predicted octanol–water partition coefficient (Wildman–Crippen LogP) is 4.43. The highest BCUT2D eigenvalue weighted by molar-refractivity contribution is 7.22. The number of aromatic nitrogens is 3. The number of imidazole rings is 1. The molecule has 2 aromatic heterocycles. The molecule has 2 heterocycles. The molecule has 0 saturated heterocycles. The summed E-state index contributed by atoms with van der Waals surface area (Å²) in [5.41, 5.74) is 0.670. The van der Waals surface area contributed by atoms with Gasteiger partial charge in [-0.2, -0.15) is 0 Å². The van der Waals surface area contributed by atoms with E-state index in [9.17, 15) is 4.79 Å². The van der Waals surface area contributed by atoms with Crippen LogP contribution in [0.5, 0.6) is 17.2 Å². The van der Waals surface area contributed by atoms with Crippen LogP contribution in [0.2, 0.25) is 0 Å². The molecule has 33 heavy (non-hydrogen) atoms. The summed E-state index contributed by atoms with van der Waals surface area (Å²) in [6, 6.07) is 12.9. The second-order valence-corrected chi connectivity index (χ2v) is 7.92. The number of para-hydroxylation sites is 1. The molecular weight excluding hydrogens is 464 g/mol. The SMILES string of the molecule is COc1ccc(OC)c2sc(N(CCCn3ccnc3)C(=O)COc3ccccc3)nc12.Cl. The smallest absolute Gasteiger partial charge is 0.266 e. The van der Waals surface area contributed by atoms with Gasteiger partial charge in [0.25, 0.3) is 5.91 Å². The Hall–Kier alpha value is -3.30. The number of hydrogen-bond acceptors (Lipinski definition) is 7.